The van der Waals surface area contributed by atoms with Crippen LogP contribution < -0.4 is 5.73 Å². The number of rotatable bonds is 2. The lowest BCUT2D eigenvalue weighted by molar-refractivity contribution is -0.0780. The van der Waals surface area contributed by atoms with Crippen molar-refractivity contribution in [1.82, 2.24) is 0 Å². The van der Waals surface area contributed by atoms with Crippen LogP contribution in [0.5, 0.6) is 0 Å². The van der Waals surface area contributed by atoms with Gasteiger partial charge in [0.25, 0.3) is 0 Å². The summed E-state index contributed by atoms with van der Waals surface area (Å²) in [5.41, 5.74) is 5.94. The topological polar surface area (TPSA) is 44.5 Å². The molecule has 0 aromatic carbocycles. The van der Waals surface area contributed by atoms with Crippen molar-refractivity contribution in [2.75, 3.05) is 14.2 Å². The molecule has 3 heteroatoms. The smallest absolute Gasteiger partial charge is 0.0983 e. The summed E-state index contributed by atoms with van der Waals surface area (Å²) in [5, 5.41) is 0. The van der Waals surface area contributed by atoms with E-state index in [9.17, 15) is 0 Å². The van der Waals surface area contributed by atoms with Crippen molar-refractivity contribution in [2.45, 2.75) is 38.0 Å². The predicted molar refractivity (Wildman–Crippen MR) is 48.0 cm³/mol. The normalized spacial score (nSPS) is 43.0. The first-order valence-corrected chi connectivity index (χ1v) is 4.50. The highest BCUT2D eigenvalue weighted by Gasteiger charge is 2.34. The second-order valence-electron chi connectivity index (χ2n) is 3.71. The molecular formula is C9H19NO2. The van der Waals surface area contributed by atoms with Crippen molar-refractivity contribution in [1.29, 1.82) is 0 Å². The van der Waals surface area contributed by atoms with Crippen LogP contribution in [-0.2, 0) is 9.47 Å². The Labute approximate surface area is 74.2 Å². The van der Waals surface area contributed by atoms with E-state index >= 15 is 0 Å². The maximum absolute atomic E-state index is 5.94. The van der Waals surface area contributed by atoms with Crippen LogP contribution >= 0.6 is 0 Å². The van der Waals surface area contributed by atoms with E-state index < -0.39 is 0 Å². The zero-order valence-electron chi connectivity index (χ0n) is 8.12. The molecule has 1 rings (SSSR count). The summed E-state index contributed by atoms with van der Waals surface area (Å²) in [6.45, 7) is 2.21. The maximum atomic E-state index is 5.94. The molecule has 0 heterocycles. The Morgan fingerprint density at radius 1 is 1.17 bits per heavy atom. The van der Waals surface area contributed by atoms with Crippen LogP contribution in [0.15, 0.2) is 0 Å². The number of methoxy groups -OCH3 is 2. The SMILES string of the molecule is CO[C@@H]1[C@@H](N)C[C@@H](C)C[C@H]1OC. The number of hydrogen-bond acceptors (Lipinski definition) is 3. The zero-order chi connectivity index (χ0) is 9.14. The van der Waals surface area contributed by atoms with Gasteiger partial charge >= 0.3 is 0 Å². The summed E-state index contributed by atoms with van der Waals surface area (Å²) in [5.74, 6) is 0.649. The van der Waals surface area contributed by atoms with E-state index in [-0.39, 0.29) is 18.2 Å². The molecule has 0 aromatic heterocycles. The number of ether oxygens (including phenoxy) is 2. The Bertz CT molecular complexity index is 140. The molecule has 0 saturated heterocycles. The van der Waals surface area contributed by atoms with Gasteiger partial charge in [0.05, 0.1) is 12.2 Å². The second kappa shape index (κ2) is 4.21. The van der Waals surface area contributed by atoms with Gasteiger partial charge < -0.3 is 15.2 Å². The van der Waals surface area contributed by atoms with Crippen LogP contribution in [0.2, 0.25) is 0 Å². The number of nitrogens with two attached hydrogens (primary N) is 1. The highest BCUT2D eigenvalue weighted by Crippen LogP contribution is 2.26. The Hall–Kier alpha value is -0.120. The lowest BCUT2D eigenvalue weighted by Crippen LogP contribution is -2.50. The Kier molecular flexibility index (Phi) is 3.50. The predicted octanol–water partition coefficient (Wildman–Crippen LogP) is 0.774. The van der Waals surface area contributed by atoms with Gasteiger partial charge in [-0.1, -0.05) is 6.92 Å². The van der Waals surface area contributed by atoms with E-state index in [1.54, 1.807) is 14.2 Å². The van der Waals surface area contributed by atoms with E-state index in [0.717, 1.165) is 12.8 Å². The molecule has 0 aromatic rings. The average molecular weight is 173 g/mol. The summed E-state index contributed by atoms with van der Waals surface area (Å²) >= 11 is 0. The van der Waals surface area contributed by atoms with Crippen molar-refractivity contribution in [2.24, 2.45) is 11.7 Å². The molecule has 1 aliphatic carbocycles. The second-order valence-corrected chi connectivity index (χ2v) is 3.71. The minimum Gasteiger partial charge on any atom is -0.379 e. The summed E-state index contributed by atoms with van der Waals surface area (Å²) in [6.07, 6.45) is 2.35. The first-order chi connectivity index (χ1) is 5.69. The molecule has 1 aliphatic rings. The summed E-state index contributed by atoms with van der Waals surface area (Å²) in [6, 6.07) is 0.128. The molecule has 0 amide bonds. The summed E-state index contributed by atoms with van der Waals surface area (Å²) in [4.78, 5) is 0. The van der Waals surface area contributed by atoms with Crippen molar-refractivity contribution < 1.29 is 9.47 Å². The lowest BCUT2D eigenvalue weighted by atomic mass is 9.83. The largest absolute Gasteiger partial charge is 0.379 e. The Morgan fingerprint density at radius 2 is 1.83 bits per heavy atom. The van der Waals surface area contributed by atoms with E-state index in [1.807, 2.05) is 0 Å². The van der Waals surface area contributed by atoms with E-state index in [4.69, 9.17) is 15.2 Å². The molecule has 12 heavy (non-hydrogen) atoms. The van der Waals surface area contributed by atoms with Crippen LogP contribution in [0, 0.1) is 5.92 Å². The van der Waals surface area contributed by atoms with Crippen molar-refractivity contribution in [3.8, 4) is 0 Å². The fraction of sp³-hybridized carbons (Fsp3) is 1.00. The van der Waals surface area contributed by atoms with Crippen LogP contribution in [0.1, 0.15) is 19.8 Å². The van der Waals surface area contributed by atoms with Gasteiger partial charge in [-0.3, -0.25) is 0 Å². The van der Waals surface area contributed by atoms with Crippen LogP contribution in [0.4, 0.5) is 0 Å². The highest BCUT2D eigenvalue weighted by atomic mass is 16.5. The molecule has 1 saturated carbocycles. The van der Waals surface area contributed by atoms with E-state index in [0.29, 0.717) is 5.92 Å². The standard InChI is InChI=1S/C9H19NO2/c1-6-4-7(10)9(12-3)8(5-6)11-2/h6-9H,4-5,10H2,1-3H3/t6-,7+,8-,9-/m1/s1. The van der Waals surface area contributed by atoms with Gasteiger partial charge in [-0.25, -0.2) is 0 Å². The first kappa shape index (κ1) is 9.96. The fourth-order valence-electron chi connectivity index (χ4n) is 2.06. The van der Waals surface area contributed by atoms with Crippen molar-refractivity contribution in [3.05, 3.63) is 0 Å². The van der Waals surface area contributed by atoms with Crippen molar-refractivity contribution in [3.63, 3.8) is 0 Å². The van der Waals surface area contributed by atoms with Gasteiger partial charge in [0.2, 0.25) is 0 Å². The Balaban J connectivity index is 2.56. The van der Waals surface area contributed by atoms with Crippen LogP contribution in [-0.4, -0.2) is 32.5 Å². The third-order valence-electron chi connectivity index (χ3n) is 2.67. The molecule has 4 atom stereocenters. The minimum absolute atomic E-state index is 0.0752. The van der Waals surface area contributed by atoms with Crippen LogP contribution in [0.25, 0.3) is 0 Å². The average Bonchev–Trinajstić information content (AvgIpc) is 2.03. The van der Waals surface area contributed by atoms with Gasteiger partial charge in [-0.05, 0) is 18.8 Å². The first-order valence-electron chi connectivity index (χ1n) is 4.50. The molecule has 0 unspecified atom stereocenters. The molecule has 3 nitrogen and oxygen atoms in total. The molecule has 1 fully saturated rings. The van der Waals surface area contributed by atoms with E-state index in [2.05, 4.69) is 6.92 Å². The molecule has 0 bridgehead atoms. The monoisotopic (exact) mass is 173 g/mol. The third kappa shape index (κ3) is 1.97. The quantitative estimate of drug-likeness (QED) is 0.671. The molecule has 2 N–H and O–H groups in total. The molecule has 72 valence electrons. The number of hydrogen-bond donors (Lipinski definition) is 1. The van der Waals surface area contributed by atoms with Crippen molar-refractivity contribution >= 4 is 0 Å². The third-order valence-corrected chi connectivity index (χ3v) is 2.67. The molecule has 0 spiro atoms. The molecule has 0 radical (unpaired) electrons. The zero-order valence-corrected chi connectivity index (χ0v) is 8.12. The van der Waals surface area contributed by atoms with Gasteiger partial charge in [0.15, 0.2) is 0 Å². The van der Waals surface area contributed by atoms with E-state index in [1.165, 1.54) is 0 Å². The molecular weight excluding hydrogens is 154 g/mol. The maximum Gasteiger partial charge on any atom is 0.0983 e. The minimum atomic E-state index is 0.0752. The van der Waals surface area contributed by atoms with Gasteiger partial charge in [-0.15, -0.1) is 0 Å². The fourth-order valence-corrected chi connectivity index (χ4v) is 2.06. The lowest BCUT2D eigenvalue weighted by Gasteiger charge is -2.37. The Morgan fingerprint density at radius 3 is 2.33 bits per heavy atom. The van der Waals surface area contributed by atoms with Gasteiger partial charge in [-0.2, -0.15) is 0 Å². The molecule has 0 aliphatic heterocycles. The summed E-state index contributed by atoms with van der Waals surface area (Å²) < 4.78 is 10.6. The van der Waals surface area contributed by atoms with Gasteiger partial charge in [0.1, 0.15) is 0 Å². The van der Waals surface area contributed by atoms with Crippen LogP contribution in [0.3, 0.4) is 0 Å². The van der Waals surface area contributed by atoms with Gasteiger partial charge in [0, 0.05) is 20.3 Å². The summed E-state index contributed by atoms with van der Waals surface area (Å²) in [7, 11) is 3.42. The highest BCUT2D eigenvalue weighted by molar-refractivity contribution is 4.88.